The zero-order valence-electron chi connectivity index (χ0n) is 49.0. The maximum Gasteiger partial charge on any atom is 0.306 e. The summed E-state index contributed by atoms with van der Waals surface area (Å²) in [5.41, 5.74) is 0. The smallest absolute Gasteiger partial charge is 0.306 e. The van der Waals surface area contributed by atoms with Crippen LogP contribution in [0.5, 0.6) is 0 Å². The summed E-state index contributed by atoms with van der Waals surface area (Å²) in [6, 6.07) is 0. The number of carbonyl (C=O) groups excluding carboxylic acids is 3. The van der Waals surface area contributed by atoms with Crippen LogP contribution < -0.4 is 0 Å². The topological polar surface area (TPSA) is 78.9 Å². The first kappa shape index (κ1) is 69.4. The second-order valence-corrected chi connectivity index (χ2v) is 23.4. The van der Waals surface area contributed by atoms with E-state index in [0.29, 0.717) is 19.3 Å². The minimum atomic E-state index is -0.765. The van der Waals surface area contributed by atoms with Crippen LogP contribution >= 0.6 is 0 Å². The van der Waals surface area contributed by atoms with Crippen molar-refractivity contribution in [3.63, 3.8) is 0 Å². The molecule has 0 rings (SSSR count). The summed E-state index contributed by atoms with van der Waals surface area (Å²) in [4.78, 5) is 38.2. The molecule has 0 aromatic rings. The minimum absolute atomic E-state index is 0.0635. The lowest BCUT2D eigenvalue weighted by atomic mass is 9.99. The van der Waals surface area contributed by atoms with Crippen molar-refractivity contribution in [2.24, 2.45) is 17.8 Å². The summed E-state index contributed by atoms with van der Waals surface area (Å²) >= 11 is 0. The molecule has 6 nitrogen and oxygen atoms in total. The van der Waals surface area contributed by atoms with Crippen LogP contribution in [0.3, 0.4) is 0 Å². The largest absolute Gasteiger partial charge is 0.462 e. The Hall–Kier alpha value is -1.59. The molecular formula is C65H126O6. The Morgan fingerprint density at radius 1 is 0.282 bits per heavy atom. The minimum Gasteiger partial charge on any atom is -0.462 e. The van der Waals surface area contributed by atoms with E-state index in [1.54, 1.807) is 0 Å². The number of rotatable bonds is 58. The third kappa shape index (κ3) is 56.0. The summed E-state index contributed by atoms with van der Waals surface area (Å²) in [7, 11) is 0. The van der Waals surface area contributed by atoms with E-state index in [-0.39, 0.29) is 31.1 Å². The number of unbranched alkanes of at least 4 members (excludes halogenated alkanes) is 39. The predicted molar refractivity (Wildman–Crippen MR) is 307 cm³/mol. The zero-order valence-corrected chi connectivity index (χ0v) is 49.0. The fraction of sp³-hybridized carbons (Fsp3) is 0.954. The molecule has 0 aliphatic rings. The normalized spacial score (nSPS) is 12.9. The molecule has 0 spiro atoms. The summed E-state index contributed by atoms with van der Waals surface area (Å²) in [6.07, 6.45) is 61.1. The monoisotopic (exact) mass is 1000 g/mol. The first-order valence-electron chi connectivity index (χ1n) is 32.2. The molecule has 0 amide bonds. The number of hydrogen-bond acceptors (Lipinski definition) is 6. The lowest BCUT2D eigenvalue weighted by Crippen LogP contribution is -2.30. The Balaban J connectivity index is 4.19. The second-order valence-electron chi connectivity index (χ2n) is 23.4. The van der Waals surface area contributed by atoms with Crippen molar-refractivity contribution in [3.8, 4) is 0 Å². The van der Waals surface area contributed by atoms with Crippen LogP contribution in [0.25, 0.3) is 0 Å². The van der Waals surface area contributed by atoms with Gasteiger partial charge in [-0.3, -0.25) is 14.4 Å². The molecule has 0 aromatic heterocycles. The Labute approximate surface area is 444 Å². The fourth-order valence-corrected chi connectivity index (χ4v) is 10.00. The Morgan fingerprint density at radius 3 is 0.732 bits per heavy atom. The number of carbonyl (C=O) groups is 3. The van der Waals surface area contributed by atoms with Gasteiger partial charge in [-0.05, 0) is 37.0 Å². The van der Waals surface area contributed by atoms with E-state index < -0.39 is 6.10 Å². The Morgan fingerprint density at radius 2 is 0.493 bits per heavy atom. The standard InChI is InChI=1S/C65H126O6/c1-7-60(5)52-46-40-34-30-26-22-18-14-10-12-16-20-24-28-32-36-44-50-56-65(68)71-62(58-70-64(67)55-49-43-38-37-41-47-53-61(6)8-2)57-69-63(66)54-48-42-35-31-27-23-19-15-11-9-13-17-21-25-29-33-39-45-51-59(3)4/h59-62H,7-58H2,1-6H3/t60?,61?,62-/m0/s1. The van der Waals surface area contributed by atoms with Gasteiger partial charge in [0.1, 0.15) is 13.2 Å². The van der Waals surface area contributed by atoms with E-state index in [4.69, 9.17) is 14.2 Å². The van der Waals surface area contributed by atoms with Gasteiger partial charge in [0.15, 0.2) is 6.10 Å². The van der Waals surface area contributed by atoms with E-state index in [9.17, 15) is 14.4 Å². The molecule has 0 heterocycles. The van der Waals surface area contributed by atoms with Gasteiger partial charge in [0.25, 0.3) is 0 Å². The SMILES string of the molecule is CCC(C)CCCCCCCCCCCCCCCCCCCCC(=O)O[C@@H](COC(=O)CCCCCCCCCCCCCCCCCCCCC(C)C)COC(=O)CCCCCCCCC(C)CC. The van der Waals surface area contributed by atoms with E-state index >= 15 is 0 Å². The highest BCUT2D eigenvalue weighted by atomic mass is 16.6. The molecule has 0 radical (unpaired) electrons. The van der Waals surface area contributed by atoms with Gasteiger partial charge in [-0.1, -0.05) is 324 Å². The van der Waals surface area contributed by atoms with Crippen molar-refractivity contribution in [2.75, 3.05) is 13.2 Å². The molecule has 0 saturated heterocycles. The molecule has 3 atom stereocenters. The fourth-order valence-electron chi connectivity index (χ4n) is 10.00. The van der Waals surface area contributed by atoms with E-state index in [0.717, 1.165) is 75.5 Å². The molecule has 422 valence electrons. The van der Waals surface area contributed by atoms with Crippen LogP contribution in [-0.4, -0.2) is 37.2 Å². The molecule has 0 aliphatic heterocycles. The third-order valence-corrected chi connectivity index (χ3v) is 15.6. The van der Waals surface area contributed by atoms with E-state index in [1.807, 2.05) is 0 Å². The van der Waals surface area contributed by atoms with Crippen LogP contribution in [0.2, 0.25) is 0 Å². The van der Waals surface area contributed by atoms with Gasteiger partial charge in [0, 0.05) is 19.3 Å². The number of esters is 3. The van der Waals surface area contributed by atoms with Crippen molar-refractivity contribution in [3.05, 3.63) is 0 Å². The first-order valence-corrected chi connectivity index (χ1v) is 32.2. The Kier molecular flexibility index (Phi) is 54.9. The Bertz CT molecular complexity index is 1110. The van der Waals surface area contributed by atoms with Crippen molar-refractivity contribution in [1.82, 2.24) is 0 Å². The highest BCUT2D eigenvalue weighted by Gasteiger charge is 2.19. The number of hydrogen-bond donors (Lipinski definition) is 0. The second kappa shape index (κ2) is 56.1. The van der Waals surface area contributed by atoms with Crippen LogP contribution in [0, 0.1) is 17.8 Å². The van der Waals surface area contributed by atoms with E-state index in [1.165, 1.54) is 244 Å². The molecule has 2 unspecified atom stereocenters. The van der Waals surface area contributed by atoms with Crippen molar-refractivity contribution in [1.29, 1.82) is 0 Å². The maximum atomic E-state index is 12.9. The summed E-state index contributed by atoms with van der Waals surface area (Å²) in [5, 5.41) is 0. The average Bonchev–Trinajstić information content (AvgIpc) is 3.36. The van der Waals surface area contributed by atoms with Gasteiger partial charge in [-0.15, -0.1) is 0 Å². The van der Waals surface area contributed by atoms with E-state index in [2.05, 4.69) is 41.5 Å². The summed E-state index contributed by atoms with van der Waals surface area (Å²) in [6.45, 7) is 13.8. The van der Waals surface area contributed by atoms with Crippen molar-refractivity contribution in [2.45, 2.75) is 369 Å². The van der Waals surface area contributed by atoms with Crippen LogP contribution in [-0.2, 0) is 28.6 Å². The molecule has 0 aliphatic carbocycles. The quantitative estimate of drug-likeness (QED) is 0.0343. The molecule has 6 heteroatoms. The van der Waals surface area contributed by atoms with Crippen molar-refractivity contribution < 1.29 is 28.6 Å². The van der Waals surface area contributed by atoms with Crippen LogP contribution in [0.1, 0.15) is 363 Å². The average molecular weight is 1000 g/mol. The lowest BCUT2D eigenvalue weighted by molar-refractivity contribution is -0.167. The summed E-state index contributed by atoms with van der Waals surface area (Å²) < 4.78 is 16.9. The molecule has 0 fully saturated rings. The third-order valence-electron chi connectivity index (χ3n) is 15.6. The van der Waals surface area contributed by atoms with Gasteiger partial charge in [-0.25, -0.2) is 0 Å². The first-order chi connectivity index (χ1) is 34.7. The van der Waals surface area contributed by atoms with Gasteiger partial charge in [0.2, 0.25) is 0 Å². The van der Waals surface area contributed by atoms with Gasteiger partial charge in [-0.2, -0.15) is 0 Å². The number of ether oxygens (including phenoxy) is 3. The zero-order chi connectivity index (χ0) is 51.9. The van der Waals surface area contributed by atoms with Gasteiger partial charge >= 0.3 is 17.9 Å². The van der Waals surface area contributed by atoms with Gasteiger partial charge in [0.05, 0.1) is 0 Å². The highest BCUT2D eigenvalue weighted by molar-refractivity contribution is 5.71. The summed E-state index contributed by atoms with van der Waals surface area (Å²) in [5.74, 6) is 1.74. The molecule has 71 heavy (non-hydrogen) atoms. The highest BCUT2D eigenvalue weighted by Crippen LogP contribution is 2.20. The van der Waals surface area contributed by atoms with Gasteiger partial charge < -0.3 is 14.2 Å². The molecule has 0 N–H and O–H groups in total. The lowest BCUT2D eigenvalue weighted by Gasteiger charge is -2.18. The van der Waals surface area contributed by atoms with Crippen LogP contribution in [0.15, 0.2) is 0 Å². The molecule has 0 bridgehead atoms. The van der Waals surface area contributed by atoms with Crippen LogP contribution in [0.4, 0.5) is 0 Å². The molecule has 0 saturated carbocycles. The maximum absolute atomic E-state index is 12.9. The predicted octanol–water partition coefficient (Wildman–Crippen LogP) is 21.5. The molecular weight excluding hydrogens is 877 g/mol. The van der Waals surface area contributed by atoms with Crippen molar-refractivity contribution >= 4 is 17.9 Å². The molecule has 0 aromatic carbocycles.